The largest absolute Gasteiger partial charge is 0.388 e. The highest BCUT2D eigenvalue weighted by Gasteiger charge is 2.17. The van der Waals surface area contributed by atoms with Gasteiger partial charge in [0.2, 0.25) is 0 Å². The van der Waals surface area contributed by atoms with Crippen LogP contribution in [0.2, 0.25) is 0 Å². The van der Waals surface area contributed by atoms with Crippen LogP contribution < -0.4 is 0 Å². The van der Waals surface area contributed by atoms with E-state index >= 15 is 0 Å². The number of rotatable bonds is 4. The van der Waals surface area contributed by atoms with Crippen LogP contribution in [0, 0.1) is 13.8 Å². The highest BCUT2D eigenvalue weighted by molar-refractivity contribution is 5.80. The maximum atomic E-state index is 9.49. The Bertz CT molecular complexity index is 1030. The minimum absolute atomic E-state index is 0.198. The van der Waals surface area contributed by atoms with E-state index in [9.17, 15) is 5.11 Å². The SMILES string of the molecule is Cc1noc(CO)c1-c1cnc2nc(C)n(Cc3ccccc3)c2c1. The number of imidazole rings is 1. The zero-order valence-corrected chi connectivity index (χ0v) is 14.1. The van der Waals surface area contributed by atoms with Gasteiger partial charge in [-0.05, 0) is 25.5 Å². The summed E-state index contributed by atoms with van der Waals surface area (Å²) in [6, 6.07) is 12.3. The van der Waals surface area contributed by atoms with Crippen molar-refractivity contribution in [2.45, 2.75) is 27.0 Å². The molecular formula is C19H18N4O2. The normalized spacial score (nSPS) is 11.3. The van der Waals surface area contributed by atoms with Gasteiger partial charge in [-0.1, -0.05) is 35.5 Å². The zero-order valence-electron chi connectivity index (χ0n) is 14.1. The molecule has 0 bridgehead atoms. The van der Waals surface area contributed by atoms with Gasteiger partial charge >= 0.3 is 0 Å². The van der Waals surface area contributed by atoms with Crippen molar-refractivity contribution in [3.63, 3.8) is 0 Å². The number of hydrogen-bond acceptors (Lipinski definition) is 5. The lowest BCUT2D eigenvalue weighted by Gasteiger charge is -2.08. The Labute approximate surface area is 144 Å². The Balaban J connectivity index is 1.85. The summed E-state index contributed by atoms with van der Waals surface area (Å²) in [7, 11) is 0. The molecule has 126 valence electrons. The molecule has 3 aromatic heterocycles. The topological polar surface area (TPSA) is 77.0 Å². The van der Waals surface area contributed by atoms with E-state index in [4.69, 9.17) is 4.52 Å². The number of aromatic nitrogens is 4. The van der Waals surface area contributed by atoms with Gasteiger partial charge in [0.1, 0.15) is 12.4 Å². The number of nitrogens with zero attached hydrogens (tertiary/aromatic N) is 4. The van der Waals surface area contributed by atoms with Gasteiger partial charge in [-0.15, -0.1) is 0 Å². The van der Waals surface area contributed by atoms with E-state index in [1.807, 2.05) is 38.1 Å². The summed E-state index contributed by atoms with van der Waals surface area (Å²) in [6.07, 6.45) is 1.75. The van der Waals surface area contributed by atoms with E-state index in [0.717, 1.165) is 34.7 Å². The number of aliphatic hydroxyl groups is 1. The van der Waals surface area contributed by atoms with Gasteiger partial charge in [0, 0.05) is 18.3 Å². The van der Waals surface area contributed by atoms with E-state index in [0.29, 0.717) is 11.4 Å². The molecule has 1 aromatic carbocycles. The number of fused-ring (bicyclic) bond motifs is 1. The molecule has 6 heteroatoms. The smallest absolute Gasteiger partial charge is 0.177 e. The first-order valence-corrected chi connectivity index (χ1v) is 8.10. The predicted octanol–water partition coefficient (Wildman–Crippen LogP) is 3.24. The molecule has 0 radical (unpaired) electrons. The van der Waals surface area contributed by atoms with E-state index in [1.165, 1.54) is 5.56 Å². The Hall–Kier alpha value is -2.99. The molecule has 4 aromatic rings. The summed E-state index contributed by atoms with van der Waals surface area (Å²) < 4.78 is 7.33. The maximum Gasteiger partial charge on any atom is 0.177 e. The average molecular weight is 334 g/mol. The van der Waals surface area contributed by atoms with Gasteiger partial charge < -0.3 is 14.2 Å². The molecule has 0 aliphatic heterocycles. The number of hydrogen-bond donors (Lipinski definition) is 1. The monoisotopic (exact) mass is 334 g/mol. The standard InChI is InChI=1S/C19H18N4O2/c1-12-18(17(11-24)25-22-12)15-8-16-19(20-9-15)21-13(2)23(16)10-14-6-4-3-5-7-14/h3-9,24H,10-11H2,1-2H3. The lowest BCUT2D eigenvalue weighted by molar-refractivity contribution is 0.229. The highest BCUT2D eigenvalue weighted by Crippen LogP contribution is 2.29. The summed E-state index contributed by atoms with van der Waals surface area (Å²) in [4.78, 5) is 9.05. The first kappa shape index (κ1) is 15.5. The maximum absolute atomic E-state index is 9.49. The zero-order chi connectivity index (χ0) is 17.4. The summed E-state index contributed by atoms with van der Waals surface area (Å²) in [6.45, 7) is 4.36. The molecule has 0 aliphatic carbocycles. The molecule has 0 amide bonds. The van der Waals surface area contributed by atoms with Gasteiger partial charge in [-0.25, -0.2) is 9.97 Å². The van der Waals surface area contributed by atoms with E-state index < -0.39 is 0 Å². The second-order valence-corrected chi connectivity index (χ2v) is 6.02. The molecule has 6 nitrogen and oxygen atoms in total. The molecule has 1 N–H and O–H groups in total. The molecule has 0 spiro atoms. The van der Waals surface area contributed by atoms with E-state index in [-0.39, 0.29) is 6.61 Å². The third kappa shape index (κ3) is 2.70. The van der Waals surface area contributed by atoms with Crippen molar-refractivity contribution in [3.05, 3.63) is 65.4 Å². The van der Waals surface area contributed by atoms with Crippen LogP contribution >= 0.6 is 0 Å². The van der Waals surface area contributed by atoms with Crippen LogP contribution in [0.5, 0.6) is 0 Å². The molecular weight excluding hydrogens is 316 g/mol. The summed E-state index contributed by atoms with van der Waals surface area (Å²) in [5.74, 6) is 1.36. The summed E-state index contributed by atoms with van der Waals surface area (Å²) in [5.41, 5.74) is 5.25. The summed E-state index contributed by atoms with van der Waals surface area (Å²) in [5, 5.41) is 13.4. The molecule has 3 heterocycles. The average Bonchev–Trinajstić information content (AvgIpc) is 3.15. The van der Waals surface area contributed by atoms with Crippen LogP contribution in [-0.4, -0.2) is 24.8 Å². The van der Waals surface area contributed by atoms with Crippen LogP contribution in [0.1, 0.15) is 22.8 Å². The Morgan fingerprint density at radius 3 is 2.72 bits per heavy atom. The van der Waals surface area contributed by atoms with Crippen molar-refractivity contribution in [2.75, 3.05) is 0 Å². The fraction of sp³-hybridized carbons (Fsp3) is 0.211. The molecule has 0 unspecified atom stereocenters. The Kier molecular flexibility index (Phi) is 3.82. The minimum Gasteiger partial charge on any atom is -0.388 e. The van der Waals surface area contributed by atoms with Gasteiger partial charge in [-0.2, -0.15) is 0 Å². The van der Waals surface area contributed by atoms with E-state index in [1.54, 1.807) is 6.20 Å². The van der Waals surface area contributed by atoms with Gasteiger partial charge in [0.15, 0.2) is 11.4 Å². The lowest BCUT2D eigenvalue weighted by atomic mass is 10.1. The van der Waals surface area contributed by atoms with Gasteiger partial charge in [-0.3, -0.25) is 0 Å². The van der Waals surface area contributed by atoms with E-state index in [2.05, 4.69) is 31.8 Å². The molecule has 4 rings (SSSR count). The third-order valence-corrected chi connectivity index (χ3v) is 4.35. The van der Waals surface area contributed by atoms with Crippen molar-refractivity contribution in [1.82, 2.24) is 19.7 Å². The van der Waals surface area contributed by atoms with Crippen molar-refractivity contribution in [2.24, 2.45) is 0 Å². The molecule has 0 aliphatic rings. The van der Waals surface area contributed by atoms with Crippen LogP contribution in [-0.2, 0) is 13.2 Å². The first-order chi connectivity index (χ1) is 12.2. The molecule has 0 saturated heterocycles. The number of aliphatic hydroxyl groups excluding tert-OH is 1. The number of aryl methyl sites for hydroxylation is 2. The minimum atomic E-state index is -0.198. The predicted molar refractivity (Wildman–Crippen MR) is 94.0 cm³/mol. The van der Waals surface area contributed by atoms with Crippen LogP contribution in [0.4, 0.5) is 0 Å². The molecule has 0 saturated carbocycles. The van der Waals surface area contributed by atoms with Crippen molar-refractivity contribution in [3.8, 4) is 11.1 Å². The first-order valence-electron chi connectivity index (χ1n) is 8.10. The van der Waals surface area contributed by atoms with Crippen molar-refractivity contribution < 1.29 is 9.63 Å². The van der Waals surface area contributed by atoms with Gasteiger partial charge in [0.05, 0.1) is 16.8 Å². The lowest BCUT2D eigenvalue weighted by Crippen LogP contribution is -2.02. The third-order valence-electron chi connectivity index (χ3n) is 4.35. The fourth-order valence-corrected chi connectivity index (χ4v) is 3.12. The van der Waals surface area contributed by atoms with Crippen LogP contribution in [0.15, 0.2) is 47.1 Å². The summed E-state index contributed by atoms with van der Waals surface area (Å²) >= 11 is 0. The fourth-order valence-electron chi connectivity index (χ4n) is 3.12. The quantitative estimate of drug-likeness (QED) is 0.620. The Morgan fingerprint density at radius 2 is 1.96 bits per heavy atom. The molecule has 0 atom stereocenters. The highest BCUT2D eigenvalue weighted by atomic mass is 16.5. The molecule has 0 fully saturated rings. The van der Waals surface area contributed by atoms with Crippen LogP contribution in [0.3, 0.4) is 0 Å². The van der Waals surface area contributed by atoms with Crippen molar-refractivity contribution in [1.29, 1.82) is 0 Å². The van der Waals surface area contributed by atoms with Gasteiger partial charge in [0.25, 0.3) is 0 Å². The number of pyridine rings is 1. The molecule has 25 heavy (non-hydrogen) atoms. The van der Waals surface area contributed by atoms with Crippen LogP contribution in [0.25, 0.3) is 22.3 Å². The second-order valence-electron chi connectivity index (χ2n) is 6.02. The Morgan fingerprint density at radius 1 is 1.16 bits per heavy atom. The van der Waals surface area contributed by atoms with Crippen molar-refractivity contribution >= 4 is 11.2 Å². The second kappa shape index (κ2) is 6.14. The number of benzene rings is 1.